The van der Waals surface area contributed by atoms with E-state index in [0.717, 1.165) is 0 Å². The Balaban J connectivity index is 2.75. The quantitative estimate of drug-likeness (QED) is 0.684. The second kappa shape index (κ2) is 4.87. The Morgan fingerprint density at radius 3 is 2.10 bits per heavy atom. The van der Waals surface area contributed by atoms with Gasteiger partial charge in [-0.25, -0.2) is 22.4 Å². The van der Waals surface area contributed by atoms with Gasteiger partial charge in [0.2, 0.25) is 0 Å². The molecule has 0 aliphatic rings. The number of tetrazole rings is 1. The van der Waals surface area contributed by atoms with Gasteiger partial charge in [0.25, 0.3) is 0 Å². The summed E-state index contributed by atoms with van der Waals surface area (Å²) in [6.45, 7) is 1.63. The molecular formula is C10H6F4N4O2. The Morgan fingerprint density at radius 1 is 1.15 bits per heavy atom. The average molecular weight is 290 g/mol. The smallest absolute Gasteiger partial charge is 0.341 e. The zero-order chi connectivity index (χ0) is 15.0. The molecule has 2 rings (SSSR count). The molecule has 1 heterocycles. The molecule has 0 amide bonds. The first-order chi connectivity index (χ1) is 9.38. The van der Waals surface area contributed by atoms with Gasteiger partial charge >= 0.3 is 5.97 Å². The number of carboxylic acids is 1. The van der Waals surface area contributed by atoms with E-state index in [1.54, 1.807) is 6.92 Å². The summed E-state index contributed by atoms with van der Waals surface area (Å²) < 4.78 is 54.3. The standard InChI is InChI=1S/C10H6F4N4O2/c1-2-3-15-17-18(16-3)9-7(13)5(11)4(10(19)20)6(12)8(9)14/h2H2,1H3,(H,19,20). The third-order valence-electron chi connectivity index (χ3n) is 2.43. The lowest BCUT2D eigenvalue weighted by Crippen LogP contribution is -2.15. The molecule has 1 N–H and O–H groups in total. The predicted octanol–water partition coefficient (Wildman–Crippen LogP) is 1.48. The number of aromatic carboxylic acids is 1. The van der Waals surface area contributed by atoms with Crippen LogP contribution >= 0.6 is 0 Å². The van der Waals surface area contributed by atoms with Crippen molar-refractivity contribution in [2.45, 2.75) is 13.3 Å². The van der Waals surface area contributed by atoms with Gasteiger partial charge in [0.05, 0.1) is 0 Å². The number of carboxylic acid groups (broad SMARTS) is 1. The number of hydrogen-bond donors (Lipinski definition) is 1. The second-order valence-corrected chi connectivity index (χ2v) is 3.63. The minimum Gasteiger partial charge on any atom is -0.477 e. The number of benzene rings is 1. The Hall–Kier alpha value is -2.52. The van der Waals surface area contributed by atoms with Gasteiger partial charge in [-0.3, -0.25) is 0 Å². The van der Waals surface area contributed by atoms with Gasteiger partial charge in [-0.05, 0) is 5.21 Å². The predicted molar refractivity (Wildman–Crippen MR) is 55.3 cm³/mol. The Labute approximate surface area is 108 Å². The second-order valence-electron chi connectivity index (χ2n) is 3.63. The number of aryl methyl sites for hydroxylation is 1. The van der Waals surface area contributed by atoms with Crippen molar-refractivity contribution >= 4 is 5.97 Å². The Bertz CT molecular complexity index is 672. The molecule has 0 saturated carbocycles. The highest BCUT2D eigenvalue weighted by Gasteiger charge is 2.31. The zero-order valence-corrected chi connectivity index (χ0v) is 9.86. The van der Waals surface area contributed by atoms with Crippen molar-refractivity contribution < 1.29 is 27.5 Å². The van der Waals surface area contributed by atoms with E-state index in [2.05, 4.69) is 15.4 Å². The van der Waals surface area contributed by atoms with Crippen molar-refractivity contribution in [1.82, 2.24) is 20.2 Å². The highest BCUT2D eigenvalue weighted by Crippen LogP contribution is 2.26. The van der Waals surface area contributed by atoms with E-state index < -0.39 is 40.5 Å². The van der Waals surface area contributed by atoms with E-state index >= 15 is 0 Å². The highest BCUT2D eigenvalue weighted by molar-refractivity contribution is 5.88. The molecular weight excluding hydrogens is 284 g/mol. The van der Waals surface area contributed by atoms with Gasteiger partial charge in [0, 0.05) is 6.42 Å². The molecule has 0 unspecified atom stereocenters. The van der Waals surface area contributed by atoms with Crippen molar-refractivity contribution in [1.29, 1.82) is 0 Å². The number of nitrogens with zero attached hydrogens (tertiary/aromatic N) is 4. The van der Waals surface area contributed by atoms with Crippen molar-refractivity contribution in [2.75, 3.05) is 0 Å². The van der Waals surface area contributed by atoms with Crippen LogP contribution < -0.4 is 0 Å². The maximum Gasteiger partial charge on any atom is 0.341 e. The van der Waals surface area contributed by atoms with Crippen LogP contribution in [0.25, 0.3) is 5.69 Å². The maximum atomic E-state index is 13.7. The molecule has 6 nitrogen and oxygen atoms in total. The third kappa shape index (κ3) is 1.98. The van der Waals surface area contributed by atoms with Crippen LogP contribution in [0.15, 0.2) is 0 Å². The fourth-order valence-electron chi connectivity index (χ4n) is 1.46. The highest BCUT2D eigenvalue weighted by atomic mass is 19.2. The molecule has 106 valence electrons. The van der Waals surface area contributed by atoms with E-state index in [0.29, 0.717) is 0 Å². The van der Waals surface area contributed by atoms with E-state index in [4.69, 9.17) is 5.11 Å². The topological polar surface area (TPSA) is 80.9 Å². The first-order valence-electron chi connectivity index (χ1n) is 5.27. The fraction of sp³-hybridized carbons (Fsp3) is 0.200. The molecule has 0 radical (unpaired) electrons. The lowest BCUT2D eigenvalue weighted by Gasteiger charge is -2.07. The van der Waals surface area contributed by atoms with E-state index in [9.17, 15) is 22.4 Å². The van der Waals surface area contributed by atoms with E-state index in [-0.39, 0.29) is 17.0 Å². The monoisotopic (exact) mass is 290 g/mol. The molecule has 0 saturated heterocycles. The normalized spacial score (nSPS) is 10.8. The minimum absolute atomic E-state index is 0.0897. The number of hydrogen-bond acceptors (Lipinski definition) is 4. The molecule has 1 aromatic heterocycles. The van der Waals surface area contributed by atoms with Crippen LogP contribution in [0.3, 0.4) is 0 Å². The summed E-state index contributed by atoms with van der Waals surface area (Å²) in [5.74, 6) is -9.96. The van der Waals surface area contributed by atoms with Crippen molar-refractivity contribution in [2.24, 2.45) is 0 Å². The van der Waals surface area contributed by atoms with Crippen molar-refractivity contribution in [3.63, 3.8) is 0 Å². The van der Waals surface area contributed by atoms with Crippen LogP contribution in [0.5, 0.6) is 0 Å². The first kappa shape index (κ1) is 13.9. The van der Waals surface area contributed by atoms with Gasteiger partial charge in [0.1, 0.15) is 5.56 Å². The molecule has 1 aromatic carbocycles. The lowest BCUT2D eigenvalue weighted by atomic mass is 10.1. The summed E-state index contributed by atoms with van der Waals surface area (Å²) in [5.41, 5.74) is -2.99. The number of carbonyl (C=O) groups is 1. The van der Waals surface area contributed by atoms with Crippen LogP contribution in [0, 0.1) is 23.3 Å². The summed E-state index contributed by atoms with van der Waals surface area (Å²) in [6.07, 6.45) is 0.279. The summed E-state index contributed by atoms with van der Waals surface area (Å²) in [5, 5.41) is 18.7. The molecule has 2 aromatic rings. The number of halogens is 4. The van der Waals surface area contributed by atoms with Crippen LogP contribution in [-0.4, -0.2) is 31.3 Å². The van der Waals surface area contributed by atoms with Crippen LogP contribution in [0.4, 0.5) is 17.6 Å². The number of aromatic nitrogens is 4. The van der Waals surface area contributed by atoms with Gasteiger partial charge in [-0.1, -0.05) is 6.92 Å². The van der Waals surface area contributed by atoms with Gasteiger partial charge in [-0.15, -0.1) is 15.0 Å². The van der Waals surface area contributed by atoms with Crippen molar-refractivity contribution in [3.05, 3.63) is 34.7 Å². The molecule has 0 fully saturated rings. The first-order valence-corrected chi connectivity index (χ1v) is 5.27. The Morgan fingerprint density at radius 2 is 1.70 bits per heavy atom. The molecule has 0 atom stereocenters. The van der Waals surface area contributed by atoms with Gasteiger partial charge in [0.15, 0.2) is 34.8 Å². The van der Waals surface area contributed by atoms with Gasteiger partial charge < -0.3 is 5.11 Å². The largest absolute Gasteiger partial charge is 0.477 e. The summed E-state index contributed by atoms with van der Waals surface area (Å²) in [4.78, 5) is 10.8. The molecule has 0 aliphatic heterocycles. The Kier molecular flexibility index (Phi) is 3.38. The molecule has 0 bridgehead atoms. The lowest BCUT2D eigenvalue weighted by molar-refractivity contribution is 0.0683. The number of rotatable bonds is 3. The SMILES string of the molecule is CCc1nnn(-c2c(F)c(F)c(C(=O)O)c(F)c2F)n1. The van der Waals surface area contributed by atoms with Gasteiger partial charge in [-0.2, -0.15) is 0 Å². The summed E-state index contributed by atoms with van der Waals surface area (Å²) in [6, 6.07) is 0. The van der Waals surface area contributed by atoms with Crippen molar-refractivity contribution in [3.8, 4) is 5.69 Å². The van der Waals surface area contributed by atoms with E-state index in [1.165, 1.54) is 0 Å². The molecule has 10 heteroatoms. The molecule has 0 spiro atoms. The summed E-state index contributed by atoms with van der Waals surface area (Å²) >= 11 is 0. The van der Waals surface area contributed by atoms with E-state index in [1.807, 2.05) is 0 Å². The molecule has 0 aliphatic carbocycles. The van der Waals surface area contributed by atoms with Crippen LogP contribution in [-0.2, 0) is 6.42 Å². The fourth-order valence-corrected chi connectivity index (χ4v) is 1.46. The zero-order valence-electron chi connectivity index (χ0n) is 9.86. The molecule has 20 heavy (non-hydrogen) atoms. The summed E-state index contributed by atoms with van der Waals surface area (Å²) in [7, 11) is 0. The van der Waals surface area contributed by atoms with Crippen LogP contribution in [0.1, 0.15) is 23.1 Å². The maximum absolute atomic E-state index is 13.7. The average Bonchev–Trinajstić information content (AvgIpc) is 2.85. The van der Waals surface area contributed by atoms with Crippen LogP contribution in [0.2, 0.25) is 0 Å². The third-order valence-corrected chi connectivity index (χ3v) is 2.43. The minimum atomic E-state index is -2.13.